The molecule has 0 amide bonds. The van der Waals surface area contributed by atoms with E-state index >= 15 is 0 Å². The molecule has 0 aliphatic rings. The normalized spacial score (nSPS) is 10.9. The predicted molar refractivity (Wildman–Crippen MR) is 54.5 cm³/mol. The Balaban J connectivity index is 2.94. The second-order valence-corrected chi connectivity index (χ2v) is 3.27. The van der Waals surface area contributed by atoms with Crippen LogP contribution in [0.4, 0.5) is 11.4 Å². The van der Waals surface area contributed by atoms with Gasteiger partial charge in [0.05, 0.1) is 5.69 Å². The van der Waals surface area contributed by atoms with Crippen molar-refractivity contribution in [1.29, 1.82) is 0 Å². The first kappa shape index (κ1) is 7.98. The summed E-state index contributed by atoms with van der Waals surface area (Å²) in [6, 6.07) is 3.60. The summed E-state index contributed by atoms with van der Waals surface area (Å²) < 4.78 is 5.50. The van der Waals surface area contributed by atoms with Crippen LogP contribution in [-0.4, -0.2) is 0 Å². The molecule has 2 aromatic rings. The smallest absolute Gasteiger partial charge is 0.157 e. The maximum absolute atomic E-state index is 5.77. The van der Waals surface area contributed by atoms with Gasteiger partial charge in [-0.1, -0.05) is 0 Å². The summed E-state index contributed by atoms with van der Waals surface area (Å²) in [5.41, 5.74) is 14.6. The van der Waals surface area contributed by atoms with Crippen LogP contribution < -0.4 is 11.5 Å². The first-order valence-electron chi connectivity index (χ1n) is 4.14. The van der Waals surface area contributed by atoms with Gasteiger partial charge in [0.15, 0.2) is 5.58 Å². The number of aryl methyl sites for hydroxylation is 2. The lowest BCUT2D eigenvalue weighted by Crippen LogP contribution is -1.90. The summed E-state index contributed by atoms with van der Waals surface area (Å²) in [5.74, 6) is 0.896. The van der Waals surface area contributed by atoms with Crippen molar-refractivity contribution in [2.24, 2.45) is 0 Å². The summed E-state index contributed by atoms with van der Waals surface area (Å²) in [6.45, 7) is 3.92. The van der Waals surface area contributed by atoms with E-state index in [-0.39, 0.29) is 0 Å². The molecule has 0 unspecified atom stereocenters. The van der Waals surface area contributed by atoms with Crippen molar-refractivity contribution in [1.82, 2.24) is 0 Å². The van der Waals surface area contributed by atoms with Crippen LogP contribution >= 0.6 is 0 Å². The van der Waals surface area contributed by atoms with E-state index in [1.165, 1.54) is 0 Å². The summed E-state index contributed by atoms with van der Waals surface area (Å²) in [4.78, 5) is 0. The molecule has 2 rings (SSSR count). The molecule has 1 heterocycles. The Morgan fingerprint density at radius 3 is 2.54 bits per heavy atom. The molecule has 0 fully saturated rings. The van der Waals surface area contributed by atoms with Gasteiger partial charge in [-0.3, -0.25) is 0 Å². The second kappa shape index (κ2) is 2.42. The Bertz CT molecular complexity index is 471. The van der Waals surface area contributed by atoms with E-state index in [0.717, 1.165) is 22.3 Å². The van der Waals surface area contributed by atoms with E-state index in [4.69, 9.17) is 15.9 Å². The van der Waals surface area contributed by atoms with Crippen LogP contribution in [0, 0.1) is 13.8 Å². The van der Waals surface area contributed by atoms with E-state index in [0.29, 0.717) is 11.4 Å². The lowest BCUT2D eigenvalue weighted by atomic mass is 10.1. The third kappa shape index (κ3) is 1.04. The van der Waals surface area contributed by atoms with Gasteiger partial charge in [0.2, 0.25) is 0 Å². The monoisotopic (exact) mass is 176 g/mol. The fourth-order valence-electron chi connectivity index (χ4n) is 1.49. The Morgan fingerprint density at radius 1 is 1.15 bits per heavy atom. The molecule has 0 aliphatic carbocycles. The first-order chi connectivity index (χ1) is 6.09. The minimum Gasteiger partial charge on any atom is -0.459 e. The highest BCUT2D eigenvalue weighted by Gasteiger charge is 2.09. The quantitative estimate of drug-likeness (QED) is 0.605. The predicted octanol–water partition coefficient (Wildman–Crippen LogP) is 2.21. The zero-order chi connectivity index (χ0) is 9.59. The number of hydrogen-bond donors (Lipinski definition) is 2. The van der Waals surface area contributed by atoms with Crippen LogP contribution in [0.25, 0.3) is 11.0 Å². The summed E-state index contributed by atoms with van der Waals surface area (Å²) in [6.07, 6.45) is 0. The van der Waals surface area contributed by atoms with E-state index < -0.39 is 0 Å². The van der Waals surface area contributed by atoms with E-state index in [2.05, 4.69) is 0 Å². The van der Waals surface area contributed by atoms with E-state index in [1.807, 2.05) is 19.9 Å². The molecule has 0 radical (unpaired) electrons. The fourth-order valence-corrected chi connectivity index (χ4v) is 1.49. The number of fused-ring (bicyclic) bond motifs is 1. The second-order valence-electron chi connectivity index (χ2n) is 3.27. The van der Waals surface area contributed by atoms with Gasteiger partial charge in [0.1, 0.15) is 5.76 Å². The van der Waals surface area contributed by atoms with Gasteiger partial charge in [0.25, 0.3) is 0 Å². The molecule has 0 aliphatic heterocycles. The molecule has 1 aromatic carbocycles. The van der Waals surface area contributed by atoms with Crippen LogP contribution in [0.1, 0.15) is 11.3 Å². The van der Waals surface area contributed by atoms with Gasteiger partial charge < -0.3 is 15.9 Å². The highest BCUT2D eigenvalue weighted by molar-refractivity contribution is 5.93. The zero-order valence-corrected chi connectivity index (χ0v) is 7.72. The van der Waals surface area contributed by atoms with Crippen molar-refractivity contribution in [2.75, 3.05) is 11.5 Å². The standard InChI is InChI=1S/C10H12N2O/c1-5-6(2)13-10-8(5)3-7(11)4-9(10)12/h3-4H,11-12H2,1-2H3. The summed E-state index contributed by atoms with van der Waals surface area (Å²) in [7, 11) is 0. The number of benzene rings is 1. The highest BCUT2D eigenvalue weighted by atomic mass is 16.3. The highest BCUT2D eigenvalue weighted by Crippen LogP contribution is 2.30. The average molecular weight is 176 g/mol. The maximum Gasteiger partial charge on any atom is 0.157 e. The molecule has 3 nitrogen and oxygen atoms in total. The lowest BCUT2D eigenvalue weighted by molar-refractivity contribution is 0.576. The van der Waals surface area contributed by atoms with Gasteiger partial charge in [0, 0.05) is 11.1 Å². The van der Waals surface area contributed by atoms with Gasteiger partial charge >= 0.3 is 0 Å². The molecule has 4 N–H and O–H groups in total. The van der Waals surface area contributed by atoms with Gasteiger partial charge in [-0.2, -0.15) is 0 Å². The molecular weight excluding hydrogens is 164 g/mol. The number of nitrogens with two attached hydrogens (primary N) is 2. The maximum atomic E-state index is 5.77. The molecule has 1 aromatic heterocycles. The van der Waals surface area contributed by atoms with E-state index in [1.54, 1.807) is 6.07 Å². The van der Waals surface area contributed by atoms with Crippen LogP contribution in [0.3, 0.4) is 0 Å². The molecule has 13 heavy (non-hydrogen) atoms. The first-order valence-corrected chi connectivity index (χ1v) is 4.14. The van der Waals surface area contributed by atoms with Crippen LogP contribution in [0.15, 0.2) is 16.5 Å². The van der Waals surface area contributed by atoms with E-state index in [9.17, 15) is 0 Å². The molecule has 0 atom stereocenters. The van der Waals surface area contributed by atoms with Crippen LogP contribution in [0.2, 0.25) is 0 Å². The molecule has 0 bridgehead atoms. The Labute approximate surface area is 76.3 Å². The van der Waals surface area contributed by atoms with Crippen LogP contribution in [0.5, 0.6) is 0 Å². The van der Waals surface area contributed by atoms with Crippen molar-refractivity contribution < 1.29 is 4.42 Å². The largest absolute Gasteiger partial charge is 0.459 e. The number of anilines is 2. The zero-order valence-electron chi connectivity index (χ0n) is 7.72. The minimum atomic E-state index is 0.603. The third-order valence-corrected chi connectivity index (χ3v) is 2.33. The number of nitrogen functional groups attached to an aromatic ring is 2. The fraction of sp³-hybridized carbons (Fsp3) is 0.200. The topological polar surface area (TPSA) is 65.2 Å². The molecule has 0 saturated heterocycles. The molecule has 0 spiro atoms. The number of rotatable bonds is 0. The number of furan rings is 1. The van der Waals surface area contributed by atoms with Crippen molar-refractivity contribution in [3.05, 3.63) is 23.5 Å². The average Bonchev–Trinajstić information content (AvgIpc) is 2.32. The molecule has 68 valence electrons. The summed E-state index contributed by atoms with van der Waals surface area (Å²) in [5, 5.41) is 1.01. The molecule has 3 heteroatoms. The minimum absolute atomic E-state index is 0.603. The summed E-state index contributed by atoms with van der Waals surface area (Å²) >= 11 is 0. The Morgan fingerprint density at radius 2 is 1.85 bits per heavy atom. The van der Waals surface area contributed by atoms with Crippen molar-refractivity contribution >= 4 is 22.3 Å². The lowest BCUT2D eigenvalue weighted by Gasteiger charge is -1.97. The van der Waals surface area contributed by atoms with Crippen molar-refractivity contribution in [3.63, 3.8) is 0 Å². The van der Waals surface area contributed by atoms with Gasteiger partial charge in [-0.05, 0) is 31.5 Å². The Kier molecular flexibility index (Phi) is 1.49. The van der Waals surface area contributed by atoms with Gasteiger partial charge in [-0.15, -0.1) is 0 Å². The Hall–Kier alpha value is -1.64. The SMILES string of the molecule is Cc1oc2c(N)cc(N)cc2c1C. The van der Waals surface area contributed by atoms with Crippen molar-refractivity contribution in [3.8, 4) is 0 Å². The third-order valence-electron chi connectivity index (χ3n) is 2.33. The van der Waals surface area contributed by atoms with Crippen LogP contribution in [-0.2, 0) is 0 Å². The molecular formula is C10H12N2O. The number of hydrogen-bond acceptors (Lipinski definition) is 3. The van der Waals surface area contributed by atoms with Crippen molar-refractivity contribution in [2.45, 2.75) is 13.8 Å². The molecule has 0 saturated carbocycles. The van der Waals surface area contributed by atoms with Gasteiger partial charge in [-0.25, -0.2) is 0 Å².